The molecule has 26 heavy (non-hydrogen) atoms. The van der Waals surface area contributed by atoms with Crippen molar-refractivity contribution in [1.29, 1.82) is 0 Å². The van der Waals surface area contributed by atoms with Crippen molar-refractivity contribution in [2.24, 2.45) is 34.0 Å². The van der Waals surface area contributed by atoms with E-state index in [4.69, 9.17) is 4.74 Å². The second kappa shape index (κ2) is 5.57. The molecule has 4 nitrogen and oxygen atoms in total. The topological polar surface area (TPSA) is 66.8 Å². The lowest BCUT2D eigenvalue weighted by atomic mass is 9.36. The average molecular weight is 363 g/mol. The maximum atomic E-state index is 11.4. The van der Waals surface area contributed by atoms with Crippen LogP contribution < -0.4 is 0 Å². The highest BCUT2D eigenvalue weighted by Gasteiger charge is 2.68. The van der Waals surface area contributed by atoms with E-state index in [1.54, 1.807) is 0 Å². The Balaban J connectivity index is 1.71. The number of hydrogen-bond acceptors (Lipinski definition) is 4. The summed E-state index contributed by atoms with van der Waals surface area (Å²) in [7, 11) is 0. The van der Waals surface area contributed by atoms with Crippen LogP contribution in [0, 0.1) is 34.0 Å². The van der Waals surface area contributed by atoms with Crippen LogP contribution in [0.3, 0.4) is 0 Å². The predicted molar refractivity (Wildman–Crippen MR) is 99.2 cm³/mol. The summed E-state index contributed by atoms with van der Waals surface area (Å²) >= 11 is 0. The second-order valence-electron chi connectivity index (χ2n) is 10.6. The van der Waals surface area contributed by atoms with Crippen LogP contribution in [0.1, 0.15) is 66.2 Å². The lowest BCUT2D eigenvalue weighted by molar-refractivity contribution is -0.246. The molecule has 3 fully saturated rings. The standard InChI is InChI=1S/C22H34O4/c1-14(23)26-13-22(25)12-21-10-6-15(22)17(24)18(21)20(4)9-5-8-19(2,3)16(20)7-11-21/h6,10,15-18,24-25H,5,7-9,11-13H2,1-4H3/t15?,16?,17-,18?,20-,21?,22-/m1/s1. The molecule has 0 saturated heterocycles. The molecule has 0 aromatic carbocycles. The number of aliphatic hydroxyl groups excluding tert-OH is 1. The van der Waals surface area contributed by atoms with E-state index in [1.165, 1.54) is 19.8 Å². The Morgan fingerprint density at radius 2 is 1.96 bits per heavy atom. The third-order valence-electron chi connectivity index (χ3n) is 8.63. The summed E-state index contributed by atoms with van der Waals surface area (Å²) in [4.78, 5) is 11.3. The van der Waals surface area contributed by atoms with E-state index in [9.17, 15) is 15.0 Å². The molecule has 2 N–H and O–H groups in total. The Kier molecular flexibility index (Phi) is 3.96. The Labute approximate surface area is 157 Å². The van der Waals surface area contributed by atoms with Crippen LogP contribution in [-0.4, -0.2) is 34.5 Å². The fourth-order valence-electron chi connectivity index (χ4n) is 7.83. The van der Waals surface area contributed by atoms with Crippen LogP contribution in [0.4, 0.5) is 0 Å². The monoisotopic (exact) mass is 362 g/mol. The smallest absolute Gasteiger partial charge is 0.302 e. The molecule has 0 heterocycles. The highest BCUT2D eigenvalue weighted by Crippen LogP contribution is 2.71. The fourth-order valence-corrected chi connectivity index (χ4v) is 7.83. The SMILES string of the molecule is CC(=O)OC[C@]1(O)CC23C=CC1[C@@H](O)C2[C@]1(C)CCCC(C)(C)C1CC3. The highest BCUT2D eigenvalue weighted by atomic mass is 16.5. The molecule has 0 amide bonds. The minimum atomic E-state index is -1.15. The van der Waals surface area contributed by atoms with Gasteiger partial charge in [0, 0.05) is 18.8 Å². The molecule has 4 heteroatoms. The predicted octanol–water partition coefficient (Wildman–Crippen LogP) is 3.46. The van der Waals surface area contributed by atoms with Gasteiger partial charge in [-0.15, -0.1) is 0 Å². The maximum absolute atomic E-state index is 11.4. The number of aliphatic hydroxyl groups is 2. The Hall–Kier alpha value is -0.870. The summed E-state index contributed by atoms with van der Waals surface area (Å²) in [5.74, 6) is 0.0655. The van der Waals surface area contributed by atoms with Gasteiger partial charge in [0.15, 0.2) is 0 Å². The molecule has 7 atom stereocenters. The lowest BCUT2D eigenvalue weighted by Gasteiger charge is -2.69. The molecule has 5 aliphatic rings. The first-order valence-corrected chi connectivity index (χ1v) is 10.3. The lowest BCUT2D eigenvalue weighted by Crippen LogP contribution is -2.69. The van der Waals surface area contributed by atoms with Gasteiger partial charge in [-0.2, -0.15) is 0 Å². The normalized spacial score (nSPS) is 51.5. The number of hydrogen-bond donors (Lipinski definition) is 2. The van der Waals surface area contributed by atoms with Crippen LogP contribution in [0.2, 0.25) is 0 Å². The summed E-state index contributed by atoms with van der Waals surface area (Å²) in [6.45, 7) is 8.54. The molecule has 5 rings (SSSR count). The van der Waals surface area contributed by atoms with Gasteiger partial charge in [-0.3, -0.25) is 4.79 Å². The minimum Gasteiger partial charge on any atom is -0.463 e. The average Bonchev–Trinajstić information content (AvgIpc) is 2.51. The van der Waals surface area contributed by atoms with Gasteiger partial charge < -0.3 is 14.9 Å². The number of allylic oxidation sites excluding steroid dienone is 1. The zero-order chi connectivity index (χ0) is 19.0. The van der Waals surface area contributed by atoms with Gasteiger partial charge in [-0.05, 0) is 54.3 Å². The first-order valence-electron chi connectivity index (χ1n) is 10.3. The van der Waals surface area contributed by atoms with Crippen molar-refractivity contribution in [2.45, 2.75) is 77.9 Å². The first kappa shape index (κ1) is 18.5. The van der Waals surface area contributed by atoms with Gasteiger partial charge >= 0.3 is 5.97 Å². The van der Waals surface area contributed by atoms with E-state index < -0.39 is 11.7 Å². The van der Waals surface area contributed by atoms with Gasteiger partial charge in [0.2, 0.25) is 0 Å². The number of carbonyl (C=O) groups is 1. The number of ether oxygens (including phenoxy) is 1. The van der Waals surface area contributed by atoms with Gasteiger partial charge in [-0.1, -0.05) is 39.3 Å². The van der Waals surface area contributed by atoms with Crippen LogP contribution in [0.15, 0.2) is 12.2 Å². The third kappa shape index (κ3) is 2.37. The van der Waals surface area contributed by atoms with Crippen molar-refractivity contribution in [3.8, 4) is 0 Å². The number of fused-ring (bicyclic) bond motifs is 2. The quantitative estimate of drug-likeness (QED) is 0.583. The number of carbonyl (C=O) groups excluding carboxylic acids is 1. The summed E-state index contributed by atoms with van der Waals surface area (Å²) in [6, 6.07) is 0. The van der Waals surface area contributed by atoms with Crippen LogP contribution >= 0.6 is 0 Å². The van der Waals surface area contributed by atoms with Crippen LogP contribution in [-0.2, 0) is 9.53 Å². The molecule has 146 valence electrons. The van der Waals surface area contributed by atoms with Crippen LogP contribution in [0.5, 0.6) is 0 Å². The van der Waals surface area contributed by atoms with Gasteiger partial charge in [0.05, 0.1) is 6.10 Å². The van der Waals surface area contributed by atoms with Gasteiger partial charge in [-0.25, -0.2) is 0 Å². The molecule has 0 aromatic heterocycles. The molecule has 3 saturated carbocycles. The molecular formula is C22H34O4. The van der Waals surface area contributed by atoms with Crippen molar-refractivity contribution < 1.29 is 19.7 Å². The van der Waals surface area contributed by atoms with Crippen molar-refractivity contribution >= 4 is 5.97 Å². The van der Waals surface area contributed by atoms with E-state index in [0.717, 1.165) is 19.3 Å². The fraction of sp³-hybridized carbons (Fsp3) is 0.864. The molecule has 0 aromatic rings. The molecule has 1 spiro atoms. The van der Waals surface area contributed by atoms with Gasteiger partial charge in [0.1, 0.15) is 12.2 Å². The van der Waals surface area contributed by atoms with Crippen LogP contribution in [0.25, 0.3) is 0 Å². The van der Waals surface area contributed by atoms with E-state index in [1.807, 2.05) is 6.08 Å². The molecule has 0 radical (unpaired) electrons. The summed E-state index contributed by atoms with van der Waals surface area (Å²) < 4.78 is 5.19. The second-order valence-corrected chi connectivity index (χ2v) is 10.6. The van der Waals surface area contributed by atoms with E-state index in [-0.39, 0.29) is 35.2 Å². The number of rotatable bonds is 2. The summed E-state index contributed by atoms with van der Waals surface area (Å²) in [5, 5.41) is 22.7. The van der Waals surface area contributed by atoms with Gasteiger partial charge in [0.25, 0.3) is 0 Å². The van der Waals surface area contributed by atoms with Crippen molar-refractivity contribution in [1.82, 2.24) is 0 Å². The van der Waals surface area contributed by atoms with Crippen molar-refractivity contribution in [3.05, 3.63) is 12.2 Å². The molecule has 2 bridgehead atoms. The zero-order valence-electron chi connectivity index (χ0n) is 16.6. The summed E-state index contributed by atoms with van der Waals surface area (Å²) in [5.41, 5.74) is -0.917. The molecular weight excluding hydrogens is 328 g/mol. The Morgan fingerprint density at radius 3 is 2.65 bits per heavy atom. The highest BCUT2D eigenvalue weighted by molar-refractivity contribution is 5.66. The zero-order valence-corrected chi connectivity index (χ0v) is 16.6. The van der Waals surface area contributed by atoms with E-state index >= 15 is 0 Å². The Morgan fingerprint density at radius 1 is 1.23 bits per heavy atom. The largest absolute Gasteiger partial charge is 0.463 e. The molecule has 4 unspecified atom stereocenters. The first-order chi connectivity index (χ1) is 12.0. The minimum absolute atomic E-state index is 0.0193. The molecule has 5 aliphatic carbocycles. The maximum Gasteiger partial charge on any atom is 0.302 e. The van der Waals surface area contributed by atoms with Crippen molar-refractivity contribution in [2.75, 3.05) is 6.61 Å². The number of esters is 1. The van der Waals surface area contributed by atoms with E-state index in [2.05, 4.69) is 26.8 Å². The summed E-state index contributed by atoms with van der Waals surface area (Å²) in [6.07, 6.45) is 10.1. The third-order valence-corrected chi connectivity index (χ3v) is 8.63. The Bertz CT molecular complexity index is 640. The molecule has 0 aliphatic heterocycles. The van der Waals surface area contributed by atoms with Crippen molar-refractivity contribution in [3.63, 3.8) is 0 Å². The van der Waals surface area contributed by atoms with E-state index in [0.29, 0.717) is 17.8 Å².